The zero-order chi connectivity index (χ0) is 9.80. The molecule has 1 fully saturated rings. The molecule has 0 bridgehead atoms. The van der Waals surface area contributed by atoms with Crippen molar-refractivity contribution in [3.05, 3.63) is 18.0 Å². The van der Waals surface area contributed by atoms with Crippen LogP contribution in [0.3, 0.4) is 0 Å². The quantitative estimate of drug-likeness (QED) is 0.796. The number of nitrogens with one attached hydrogen (secondary N) is 1. The molecule has 1 aromatic heterocycles. The number of piperidine rings is 1. The van der Waals surface area contributed by atoms with Crippen molar-refractivity contribution in [1.29, 1.82) is 0 Å². The van der Waals surface area contributed by atoms with Crippen LogP contribution in [0.25, 0.3) is 0 Å². The fourth-order valence-electron chi connectivity index (χ4n) is 2.17. The van der Waals surface area contributed by atoms with Gasteiger partial charge in [0.1, 0.15) is 0 Å². The summed E-state index contributed by atoms with van der Waals surface area (Å²) < 4.78 is 0. The summed E-state index contributed by atoms with van der Waals surface area (Å²) in [7, 11) is 0. The van der Waals surface area contributed by atoms with E-state index in [4.69, 9.17) is 0 Å². The zero-order valence-corrected chi connectivity index (χ0v) is 8.87. The third-order valence-electron chi connectivity index (χ3n) is 3.24. The summed E-state index contributed by atoms with van der Waals surface area (Å²) in [6.07, 6.45) is 5.90. The van der Waals surface area contributed by atoms with E-state index >= 15 is 0 Å². The Labute approximate surface area is 85.5 Å². The Kier molecular flexibility index (Phi) is 3.19. The Bertz CT molecular complexity index is 248. The number of hydrogen-bond donors (Lipinski definition) is 1. The summed E-state index contributed by atoms with van der Waals surface area (Å²) >= 11 is 0. The largest absolute Gasteiger partial charge is 0.298 e. The van der Waals surface area contributed by atoms with E-state index in [1.807, 2.05) is 6.20 Å². The van der Waals surface area contributed by atoms with E-state index in [9.17, 15) is 0 Å². The standard InChI is InChI=1S/C11H19N3/c1-2-10-4-7-14(8-5-10)9-11-3-6-12-13-11/h3,6,10H,2,4-5,7-9H2,1H3,(H,12,13). The van der Waals surface area contributed by atoms with Crippen molar-refractivity contribution in [2.24, 2.45) is 5.92 Å². The minimum absolute atomic E-state index is 0.966. The Morgan fingerprint density at radius 1 is 1.50 bits per heavy atom. The first kappa shape index (κ1) is 9.71. The first-order chi connectivity index (χ1) is 6.88. The highest BCUT2D eigenvalue weighted by molar-refractivity contribution is 4.97. The average molecular weight is 193 g/mol. The molecule has 2 rings (SSSR count). The van der Waals surface area contributed by atoms with Crippen LogP contribution in [0.1, 0.15) is 31.9 Å². The smallest absolute Gasteiger partial charge is 0.0492 e. The molecule has 1 N–H and O–H groups in total. The average Bonchev–Trinajstić information content (AvgIpc) is 2.72. The van der Waals surface area contributed by atoms with Crippen molar-refractivity contribution < 1.29 is 0 Å². The maximum Gasteiger partial charge on any atom is 0.0492 e. The summed E-state index contributed by atoms with van der Waals surface area (Å²) in [5.41, 5.74) is 1.24. The van der Waals surface area contributed by atoms with Crippen LogP contribution in [0.4, 0.5) is 0 Å². The van der Waals surface area contributed by atoms with Gasteiger partial charge in [-0.3, -0.25) is 10.00 Å². The van der Waals surface area contributed by atoms with Crippen molar-refractivity contribution >= 4 is 0 Å². The fraction of sp³-hybridized carbons (Fsp3) is 0.727. The highest BCUT2D eigenvalue weighted by Gasteiger charge is 2.17. The molecule has 0 atom stereocenters. The second kappa shape index (κ2) is 4.60. The van der Waals surface area contributed by atoms with E-state index in [0.717, 1.165) is 12.5 Å². The molecule has 0 unspecified atom stereocenters. The molecule has 1 aromatic rings. The van der Waals surface area contributed by atoms with Crippen molar-refractivity contribution in [2.45, 2.75) is 32.7 Å². The van der Waals surface area contributed by atoms with Gasteiger partial charge in [0, 0.05) is 18.4 Å². The van der Waals surface area contributed by atoms with E-state index in [1.54, 1.807) is 0 Å². The van der Waals surface area contributed by atoms with Crippen LogP contribution in [-0.2, 0) is 6.54 Å². The summed E-state index contributed by atoms with van der Waals surface area (Å²) in [6.45, 7) is 5.83. The van der Waals surface area contributed by atoms with Crippen LogP contribution in [0.2, 0.25) is 0 Å². The van der Waals surface area contributed by atoms with Crippen LogP contribution in [0, 0.1) is 5.92 Å². The van der Waals surface area contributed by atoms with E-state index in [1.165, 1.54) is 38.0 Å². The molecule has 3 heteroatoms. The van der Waals surface area contributed by atoms with E-state index < -0.39 is 0 Å². The molecule has 0 aliphatic carbocycles. The summed E-state index contributed by atoms with van der Waals surface area (Å²) in [5.74, 6) is 0.966. The summed E-state index contributed by atoms with van der Waals surface area (Å²) in [4.78, 5) is 2.51. The van der Waals surface area contributed by atoms with Crippen LogP contribution < -0.4 is 0 Å². The fourth-order valence-corrected chi connectivity index (χ4v) is 2.17. The van der Waals surface area contributed by atoms with Crippen LogP contribution in [-0.4, -0.2) is 28.2 Å². The first-order valence-electron chi connectivity index (χ1n) is 5.59. The maximum atomic E-state index is 3.97. The van der Waals surface area contributed by atoms with Gasteiger partial charge in [-0.1, -0.05) is 13.3 Å². The van der Waals surface area contributed by atoms with Crippen molar-refractivity contribution in [1.82, 2.24) is 15.1 Å². The highest BCUT2D eigenvalue weighted by Crippen LogP contribution is 2.20. The lowest BCUT2D eigenvalue weighted by atomic mass is 9.94. The lowest BCUT2D eigenvalue weighted by Crippen LogP contribution is -2.33. The van der Waals surface area contributed by atoms with Gasteiger partial charge in [0.05, 0.1) is 0 Å². The number of aromatic nitrogens is 2. The molecular formula is C11H19N3. The predicted molar refractivity (Wildman–Crippen MR) is 56.9 cm³/mol. The number of aromatic amines is 1. The molecule has 0 aromatic carbocycles. The van der Waals surface area contributed by atoms with Gasteiger partial charge >= 0.3 is 0 Å². The molecule has 0 radical (unpaired) electrons. The Balaban J connectivity index is 1.79. The molecule has 14 heavy (non-hydrogen) atoms. The van der Waals surface area contributed by atoms with Gasteiger partial charge in [0.25, 0.3) is 0 Å². The molecule has 0 spiro atoms. The van der Waals surface area contributed by atoms with Gasteiger partial charge in [-0.25, -0.2) is 0 Å². The molecule has 78 valence electrons. The first-order valence-corrected chi connectivity index (χ1v) is 5.59. The van der Waals surface area contributed by atoms with E-state index in [0.29, 0.717) is 0 Å². The monoisotopic (exact) mass is 193 g/mol. The SMILES string of the molecule is CCC1CCN(Cc2ccn[nH]2)CC1. The maximum absolute atomic E-state index is 3.97. The summed E-state index contributed by atoms with van der Waals surface area (Å²) in [6, 6.07) is 2.06. The van der Waals surface area contributed by atoms with Crippen LogP contribution in [0.15, 0.2) is 12.3 Å². The van der Waals surface area contributed by atoms with Gasteiger partial charge in [-0.2, -0.15) is 5.10 Å². The van der Waals surface area contributed by atoms with Crippen molar-refractivity contribution in [3.63, 3.8) is 0 Å². The van der Waals surface area contributed by atoms with Crippen molar-refractivity contribution in [2.75, 3.05) is 13.1 Å². The Morgan fingerprint density at radius 3 is 2.86 bits per heavy atom. The normalized spacial score (nSPS) is 20.1. The molecular weight excluding hydrogens is 174 g/mol. The second-order valence-corrected chi connectivity index (χ2v) is 4.21. The van der Waals surface area contributed by atoms with E-state index in [-0.39, 0.29) is 0 Å². The molecule has 2 heterocycles. The Morgan fingerprint density at radius 2 is 2.29 bits per heavy atom. The molecule has 3 nitrogen and oxygen atoms in total. The minimum Gasteiger partial charge on any atom is -0.298 e. The number of likely N-dealkylation sites (tertiary alicyclic amines) is 1. The number of hydrogen-bond acceptors (Lipinski definition) is 2. The predicted octanol–water partition coefficient (Wildman–Crippen LogP) is 2.03. The number of H-pyrrole nitrogens is 1. The third kappa shape index (κ3) is 2.35. The van der Waals surface area contributed by atoms with Crippen LogP contribution >= 0.6 is 0 Å². The van der Waals surface area contributed by atoms with Crippen LogP contribution in [0.5, 0.6) is 0 Å². The number of nitrogens with zero attached hydrogens (tertiary/aromatic N) is 2. The van der Waals surface area contributed by atoms with Crippen molar-refractivity contribution in [3.8, 4) is 0 Å². The van der Waals surface area contributed by atoms with Gasteiger partial charge < -0.3 is 0 Å². The van der Waals surface area contributed by atoms with Gasteiger partial charge in [-0.15, -0.1) is 0 Å². The van der Waals surface area contributed by atoms with Gasteiger partial charge in [0.15, 0.2) is 0 Å². The molecule has 0 amide bonds. The molecule has 1 aliphatic heterocycles. The molecule has 0 saturated carbocycles. The number of rotatable bonds is 3. The summed E-state index contributed by atoms with van der Waals surface area (Å²) in [5, 5.41) is 6.99. The lowest BCUT2D eigenvalue weighted by Gasteiger charge is -2.30. The van der Waals surface area contributed by atoms with Gasteiger partial charge in [-0.05, 0) is 37.9 Å². The Hall–Kier alpha value is -0.830. The topological polar surface area (TPSA) is 31.9 Å². The highest BCUT2D eigenvalue weighted by atomic mass is 15.2. The lowest BCUT2D eigenvalue weighted by molar-refractivity contribution is 0.173. The molecule has 1 aliphatic rings. The minimum atomic E-state index is 0.966. The zero-order valence-electron chi connectivity index (χ0n) is 8.87. The third-order valence-corrected chi connectivity index (χ3v) is 3.24. The molecule has 1 saturated heterocycles. The van der Waals surface area contributed by atoms with E-state index in [2.05, 4.69) is 28.1 Å². The van der Waals surface area contributed by atoms with Gasteiger partial charge in [0.2, 0.25) is 0 Å². The second-order valence-electron chi connectivity index (χ2n) is 4.21.